The minimum atomic E-state index is -0.285. The Balaban J connectivity index is 2.22. The molecule has 0 radical (unpaired) electrons. The molecule has 2 atom stereocenters. The summed E-state index contributed by atoms with van der Waals surface area (Å²) in [6.45, 7) is 4.47. The van der Waals surface area contributed by atoms with Crippen molar-refractivity contribution in [3.05, 3.63) is 12.2 Å². The van der Waals surface area contributed by atoms with Gasteiger partial charge in [-0.3, -0.25) is 0 Å². The quantitative estimate of drug-likeness (QED) is 0.678. The first kappa shape index (κ1) is 10.7. The maximum atomic E-state index is 9.76. The molecule has 2 heteroatoms. The fraction of sp³-hybridized carbons (Fsp3) is 0.818. The zero-order valence-electron chi connectivity index (χ0n) is 8.57. The summed E-state index contributed by atoms with van der Waals surface area (Å²) >= 11 is 0. The van der Waals surface area contributed by atoms with Crippen molar-refractivity contribution in [2.75, 3.05) is 6.61 Å². The summed E-state index contributed by atoms with van der Waals surface area (Å²) in [5, 5.41) is 9.76. The molecule has 0 aromatic rings. The molecule has 0 aliphatic heterocycles. The maximum Gasteiger partial charge on any atom is 0.0804 e. The fourth-order valence-corrected chi connectivity index (χ4v) is 1.59. The van der Waals surface area contributed by atoms with Gasteiger partial charge >= 0.3 is 0 Å². The highest BCUT2D eigenvalue weighted by Gasteiger charge is 2.19. The largest absolute Gasteiger partial charge is 0.390 e. The van der Waals surface area contributed by atoms with Crippen LogP contribution in [0.15, 0.2) is 12.2 Å². The van der Waals surface area contributed by atoms with Crippen molar-refractivity contribution in [2.24, 2.45) is 5.92 Å². The van der Waals surface area contributed by atoms with E-state index < -0.39 is 0 Å². The van der Waals surface area contributed by atoms with Gasteiger partial charge in [0.05, 0.1) is 18.8 Å². The van der Waals surface area contributed by atoms with E-state index in [0.717, 1.165) is 19.3 Å². The van der Waals surface area contributed by atoms with Gasteiger partial charge in [-0.05, 0) is 39.0 Å². The van der Waals surface area contributed by atoms with E-state index in [4.69, 9.17) is 4.74 Å². The van der Waals surface area contributed by atoms with Crippen molar-refractivity contribution in [1.82, 2.24) is 0 Å². The molecule has 0 heterocycles. The Labute approximate surface area is 80.6 Å². The molecule has 13 heavy (non-hydrogen) atoms. The summed E-state index contributed by atoms with van der Waals surface area (Å²) in [6.07, 6.45) is 7.48. The van der Waals surface area contributed by atoms with E-state index >= 15 is 0 Å². The second kappa shape index (κ2) is 5.40. The van der Waals surface area contributed by atoms with Crippen LogP contribution in [-0.2, 0) is 4.74 Å². The molecule has 1 aliphatic carbocycles. The zero-order chi connectivity index (χ0) is 9.68. The van der Waals surface area contributed by atoms with E-state index in [-0.39, 0.29) is 12.2 Å². The van der Waals surface area contributed by atoms with Crippen LogP contribution in [0.25, 0.3) is 0 Å². The van der Waals surface area contributed by atoms with Crippen LogP contribution in [0.3, 0.4) is 0 Å². The van der Waals surface area contributed by atoms with Gasteiger partial charge in [-0.1, -0.05) is 12.2 Å². The number of hydrogen-bond donors (Lipinski definition) is 1. The topological polar surface area (TPSA) is 29.5 Å². The molecule has 0 amide bonds. The van der Waals surface area contributed by atoms with Crippen LogP contribution in [0.2, 0.25) is 0 Å². The van der Waals surface area contributed by atoms with Crippen molar-refractivity contribution in [3.63, 3.8) is 0 Å². The van der Waals surface area contributed by atoms with Crippen molar-refractivity contribution in [1.29, 1.82) is 0 Å². The number of aliphatic hydroxyl groups excluding tert-OH is 1. The molecule has 0 saturated carbocycles. The van der Waals surface area contributed by atoms with E-state index in [1.807, 2.05) is 13.8 Å². The van der Waals surface area contributed by atoms with Gasteiger partial charge in [0, 0.05) is 0 Å². The summed E-state index contributed by atoms with van der Waals surface area (Å²) < 4.78 is 5.38. The van der Waals surface area contributed by atoms with Crippen molar-refractivity contribution >= 4 is 0 Å². The third-order valence-electron chi connectivity index (χ3n) is 2.45. The highest BCUT2D eigenvalue weighted by molar-refractivity contribution is 4.92. The number of allylic oxidation sites excluding steroid dienone is 2. The second-order valence-electron chi connectivity index (χ2n) is 3.99. The van der Waals surface area contributed by atoms with Crippen molar-refractivity contribution < 1.29 is 9.84 Å². The molecule has 1 rings (SSSR count). The number of aliphatic hydroxyl groups is 1. The van der Waals surface area contributed by atoms with E-state index in [1.54, 1.807) is 0 Å². The van der Waals surface area contributed by atoms with Gasteiger partial charge in [-0.15, -0.1) is 0 Å². The average molecular weight is 184 g/mol. The predicted molar refractivity (Wildman–Crippen MR) is 53.6 cm³/mol. The Bertz CT molecular complexity index is 163. The third-order valence-corrected chi connectivity index (χ3v) is 2.45. The highest BCUT2D eigenvalue weighted by Crippen LogP contribution is 2.21. The van der Waals surface area contributed by atoms with Crippen LogP contribution in [0.5, 0.6) is 0 Å². The van der Waals surface area contributed by atoms with Gasteiger partial charge in [0.1, 0.15) is 0 Å². The Hall–Kier alpha value is -0.340. The molecule has 0 bridgehead atoms. The van der Waals surface area contributed by atoms with E-state index in [9.17, 15) is 5.11 Å². The van der Waals surface area contributed by atoms with Gasteiger partial charge < -0.3 is 9.84 Å². The number of rotatable bonds is 4. The van der Waals surface area contributed by atoms with Crippen LogP contribution in [0.1, 0.15) is 33.1 Å². The lowest BCUT2D eigenvalue weighted by molar-refractivity contribution is -0.0211. The predicted octanol–water partition coefficient (Wildman–Crippen LogP) is 2.13. The Kier molecular flexibility index (Phi) is 4.46. The zero-order valence-corrected chi connectivity index (χ0v) is 8.57. The van der Waals surface area contributed by atoms with Gasteiger partial charge in [-0.25, -0.2) is 0 Å². The van der Waals surface area contributed by atoms with Crippen LogP contribution in [0, 0.1) is 5.92 Å². The molecule has 2 nitrogen and oxygen atoms in total. The lowest BCUT2D eigenvalue weighted by Gasteiger charge is -2.24. The molecule has 0 aromatic carbocycles. The Morgan fingerprint density at radius 2 is 2.23 bits per heavy atom. The lowest BCUT2D eigenvalue weighted by Crippen LogP contribution is -2.27. The van der Waals surface area contributed by atoms with Crippen LogP contribution < -0.4 is 0 Å². The van der Waals surface area contributed by atoms with Crippen molar-refractivity contribution in [2.45, 2.75) is 45.3 Å². The maximum absolute atomic E-state index is 9.76. The number of ether oxygens (including phenoxy) is 1. The summed E-state index contributed by atoms with van der Waals surface area (Å²) in [5.41, 5.74) is 0. The molecule has 2 unspecified atom stereocenters. The van der Waals surface area contributed by atoms with E-state index in [2.05, 4.69) is 12.2 Å². The molecular formula is C11H20O2. The van der Waals surface area contributed by atoms with Gasteiger partial charge in [-0.2, -0.15) is 0 Å². The molecular weight excluding hydrogens is 164 g/mol. The Morgan fingerprint density at radius 1 is 1.46 bits per heavy atom. The lowest BCUT2D eigenvalue weighted by atomic mass is 9.90. The van der Waals surface area contributed by atoms with E-state index in [1.165, 1.54) is 0 Å². The molecule has 76 valence electrons. The smallest absolute Gasteiger partial charge is 0.0804 e. The summed E-state index contributed by atoms with van der Waals surface area (Å²) in [6, 6.07) is 0. The first-order valence-corrected chi connectivity index (χ1v) is 5.15. The first-order valence-electron chi connectivity index (χ1n) is 5.15. The average Bonchev–Trinajstić information content (AvgIpc) is 2.15. The van der Waals surface area contributed by atoms with E-state index in [0.29, 0.717) is 12.5 Å². The van der Waals surface area contributed by atoms with Crippen LogP contribution in [-0.4, -0.2) is 23.9 Å². The third kappa shape index (κ3) is 3.92. The van der Waals surface area contributed by atoms with Gasteiger partial charge in [0.2, 0.25) is 0 Å². The van der Waals surface area contributed by atoms with Gasteiger partial charge in [0.25, 0.3) is 0 Å². The number of hydrogen-bond acceptors (Lipinski definition) is 2. The Morgan fingerprint density at radius 3 is 2.77 bits per heavy atom. The highest BCUT2D eigenvalue weighted by atomic mass is 16.5. The monoisotopic (exact) mass is 184 g/mol. The van der Waals surface area contributed by atoms with Gasteiger partial charge in [0.15, 0.2) is 0 Å². The second-order valence-corrected chi connectivity index (χ2v) is 3.99. The fourth-order valence-electron chi connectivity index (χ4n) is 1.59. The molecule has 1 N–H and O–H groups in total. The normalized spacial score (nSPS) is 25.1. The van der Waals surface area contributed by atoms with Crippen molar-refractivity contribution in [3.8, 4) is 0 Å². The van der Waals surface area contributed by atoms with Crippen LogP contribution >= 0.6 is 0 Å². The molecule has 0 spiro atoms. The summed E-state index contributed by atoms with van der Waals surface area (Å²) in [5.74, 6) is 0.406. The standard InChI is InChI=1S/C11H20O2/c1-9(2)13-8-11(12)10-6-4-3-5-7-10/h3-4,9-12H,5-8H2,1-2H3. The first-order chi connectivity index (χ1) is 6.20. The molecule has 0 fully saturated rings. The molecule has 0 aromatic heterocycles. The summed E-state index contributed by atoms with van der Waals surface area (Å²) in [7, 11) is 0. The molecule has 1 aliphatic rings. The minimum absolute atomic E-state index is 0.216. The SMILES string of the molecule is CC(C)OCC(O)C1CC=CCC1. The molecule has 0 saturated heterocycles. The minimum Gasteiger partial charge on any atom is -0.390 e. The summed E-state index contributed by atoms with van der Waals surface area (Å²) in [4.78, 5) is 0. The van der Waals surface area contributed by atoms with Crippen LogP contribution in [0.4, 0.5) is 0 Å².